The first-order valence-corrected chi connectivity index (χ1v) is 6.67. The van der Waals surface area contributed by atoms with E-state index in [-0.39, 0.29) is 6.29 Å². The van der Waals surface area contributed by atoms with Gasteiger partial charge < -0.3 is 10.2 Å². The quantitative estimate of drug-likeness (QED) is 0.843. The normalized spacial score (nSPS) is 24.9. The van der Waals surface area contributed by atoms with E-state index in [0.29, 0.717) is 0 Å². The van der Waals surface area contributed by atoms with E-state index in [1.807, 2.05) is 18.2 Å². The minimum absolute atomic E-state index is 0.0786. The van der Waals surface area contributed by atoms with Crippen molar-refractivity contribution in [3.8, 4) is 0 Å². The van der Waals surface area contributed by atoms with Gasteiger partial charge in [0.15, 0.2) is 6.29 Å². The molecule has 1 aromatic carbocycles. The highest BCUT2D eigenvalue weighted by Gasteiger charge is 2.23. The Morgan fingerprint density at radius 3 is 2.58 bits per heavy atom. The van der Waals surface area contributed by atoms with Crippen LogP contribution in [0.5, 0.6) is 0 Å². The predicted molar refractivity (Wildman–Crippen MR) is 77.5 cm³/mol. The minimum atomic E-state index is -0.0786. The first kappa shape index (κ1) is 12.3. The van der Waals surface area contributed by atoms with Crippen molar-refractivity contribution in [2.24, 2.45) is 9.98 Å². The van der Waals surface area contributed by atoms with Gasteiger partial charge in [-0.15, -0.1) is 0 Å². The van der Waals surface area contributed by atoms with Crippen LogP contribution in [-0.2, 0) is 0 Å². The van der Waals surface area contributed by atoms with Crippen LogP contribution in [0.2, 0.25) is 0 Å². The number of amidine groups is 1. The monoisotopic (exact) mass is 257 g/mol. The number of piperazine rings is 1. The molecule has 5 heteroatoms. The average Bonchev–Trinajstić information content (AvgIpc) is 2.49. The molecule has 5 nitrogen and oxygen atoms in total. The van der Waals surface area contributed by atoms with Crippen LogP contribution in [0.15, 0.2) is 40.3 Å². The van der Waals surface area contributed by atoms with Crippen molar-refractivity contribution in [3.05, 3.63) is 35.9 Å². The van der Waals surface area contributed by atoms with E-state index in [1.165, 1.54) is 0 Å². The number of nitrogens with one attached hydrogen (secondary N) is 1. The first-order valence-electron chi connectivity index (χ1n) is 6.67. The maximum Gasteiger partial charge on any atom is 0.200 e. The number of hydrogen-bond donors (Lipinski definition) is 1. The third kappa shape index (κ3) is 2.83. The molecule has 3 rings (SSSR count). The van der Waals surface area contributed by atoms with Crippen molar-refractivity contribution in [1.82, 2.24) is 15.1 Å². The van der Waals surface area contributed by atoms with Gasteiger partial charge in [0.05, 0.1) is 6.34 Å². The van der Waals surface area contributed by atoms with E-state index in [2.05, 4.69) is 39.3 Å². The van der Waals surface area contributed by atoms with Crippen LogP contribution in [-0.4, -0.2) is 61.5 Å². The van der Waals surface area contributed by atoms with E-state index in [0.717, 1.165) is 37.6 Å². The molecule has 1 aromatic rings. The average molecular weight is 257 g/mol. The third-order valence-corrected chi connectivity index (χ3v) is 3.57. The second-order valence-electron chi connectivity index (χ2n) is 4.95. The summed E-state index contributed by atoms with van der Waals surface area (Å²) in [5.74, 6) is 0.902. The molecule has 1 unspecified atom stereocenters. The molecule has 0 radical (unpaired) electrons. The molecule has 100 valence electrons. The number of hydrogen-bond acceptors (Lipinski definition) is 5. The fourth-order valence-electron chi connectivity index (χ4n) is 2.33. The van der Waals surface area contributed by atoms with Gasteiger partial charge in [0, 0.05) is 31.7 Å². The van der Waals surface area contributed by atoms with Gasteiger partial charge >= 0.3 is 0 Å². The van der Waals surface area contributed by atoms with Crippen LogP contribution >= 0.6 is 0 Å². The Labute approximate surface area is 113 Å². The molecule has 0 aromatic heterocycles. The second-order valence-corrected chi connectivity index (χ2v) is 4.95. The number of likely N-dealkylation sites (N-methyl/N-ethyl adjacent to an activating group) is 1. The van der Waals surface area contributed by atoms with Crippen LogP contribution in [0.25, 0.3) is 0 Å². The lowest BCUT2D eigenvalue weighted by atomic mass is 10.2. The van der Waals surface area contributed by atoms with Crippen LogP contribution in [0.1, 0.15) is 5.56 Å². The maximum atomic E-state index is 4.72. The summed E-state index contributed by atoms with van der Waals surface area (Å²) < 4.78 is 0. The van der Waals surface area contributed by atoms with E-state index >= 15 is 0 Å². The van der Waals surface area contributed by atoms with E-state index in [9.17, 15) is 0 Å². The van der Waals surface area contributed by atoms with Crippen molar-refractivity contribution in [1.29, 1.82) is 0 Å². The number of aliphatic imine (C=N–C) groups is 2. The zero-order valence-corrected chi connectivity index (χ0v) is 11.2. The van der Waals surface area contributed by atoms with Gasteiger partial charge in [-0.2, -0.15) is 0 Å². The lowest BCUT2D eigenvalue weighted by molar-refractivity contribution is 0.118. The molecule has 0 saturated carbocycles. The van der Waals surface area contributed by atoms with Gasteiger partial charge in [-0.25, -0.2) is 9.98 Å². The van der Waals surface area contributed by atoms with Crippen molar-refractivity contribution in [3.63, 3.8) is 0 Å². The van der Waals surface area contributed by atoms with E-state index < -0.39 is 0 Å². The molecular formula is C14H19N5. The van der Waals surface area contributed by atoms with Gasteiger partial charge in [-0.1, -0.05) is 30.3 Å². The zero-order chi connectivity index (χ0) is 13.1. The Balaban J connectivity index is 1.74. The number of nitrogens with zero attached hydrogens (tertiary/aromatic N) is 4. The summed E-state index contributed by atoms with van der Waals surface area (Å²) in [4.78, 5) is 13.8. The van der Waals surface area contributed by atoms with Crippen molar-refractivity contribution in [2.75, 3.05) is 33.2 Å². The second kappa shape index (κ2) is 5.50. The van der Waals surface area contributed by atoms with Gasteiger partial charge in [0.2, 0.25) is 0 Å². The lowest BCUT2D eigenvalue weighted by Gasteiger charge is -2.35. The zero-order valence-electron chi connectivity index (χ0n) is 11.2. The summed E-state index contributed by atoms with van der Waals surface area (Å²) in [6.45, 7) is 4.19. The summed E-state index contributed by atoms with van der Waals surface area (Å²) in [7, 11) is 2.15. The summed E-state index contributed by atoms with van der Waals surface area (Å²) in [5, 5.41) is 3.13. The van der Waals surface area contributed by atoms with Gasteiger partial charge in [-0.3, -0.25) is 4.90 Å². The van der Waals surface area contributed by atoms with Crippen molar-refractivity contribution < 1.29 is 0 Å². The number of rotatable bonds is 2. The Morgan fingerprint density at radius 2 is 1.84 bits per heavy atom. The Kier molecular flexibility index (Phi) is 3.57. The standard InChI is InChI=1S/C14H19N5/c1-18-7-9-19(10-8-18)14-16-11-15-13(17-14)12-5-3-2-4-6-12/h2-6,11,14H,7-10H2,1H3,(H,15,16,17). The topological polar surface area (TPSA) is 43.2 Å². The molecule has 1 N–H and O–H groups in total. The molecule has 2 aliphatic rings. The predicted octanol–water partition coefficient (Wildman–Crippen LogP) is 0.596. The summed E-state index contributed by atoms with van der Waals surface area (Å²) >= 11 is 0. The molecule has 1 saturated heterocycles. The van der Waals surface area contributed by atoms with Crippen LogP contribution < -0.4 is 5.32 Å². The Hall–Kier alpha value is -1.72. The van der Waals surface area contributed by atoms with Crippen LogP contribution in [0, 0.1) is 0 Å². The fourth-order valence-corrected chi connectivity index (χ4v) is 2.33. The molecule has 2 aliphatic heterocycles. The summed E-state index contributed by atoms with van der Waals surface area (Å²) in [5.41, 5.74) is 1.10. The molecule has 2 heterocycles. The smallest absolute Gasteiger partial charge is 0.200 e. The van der Waals surface area contributed by atoms with Crippen LogP contribution in [0.4, 0.5) is 0 Å². The van der Waals surface area contributed by atoms with Gasteiger partial charge in [-0.05, 0) is 7.05 Å². The van der Waals surface area contributed by atoms with Crippen molar-refractivity contribution in [2.45, 2.75) is 6.29 Å². The van der Waals surface area contributed by atoms with E-state index in [4.69, 9.17) is 4.99 Å². The summed E-state index contributed by atoms with van der Waals surface area (Å²) in [6, 6.07) is 10.2. The largest absolute Gasteiger partial charge is 0.331 e. The molecule has 1 atom stereocenters. The first-order chi connectivity index (χ1) is 9.33. The SMILES string of the molecule is CN1CCN(C2N=CNC(c3ccccc3)=N2)CC1. The van der Waals surface area contributed by atoms with Gasteiger partial charge in [0.25, 0.3) is 0 Å². The highest BCUT2D eigenvalue weighted by atomic mass is 15.4. The highest BCUT2D eigenvalue weighted by Crippen LogP contribution is 2.11. The highest BCUT2D eigenvalue weighted by molar-refractivity contribution is 6.05. The molecule has 1 fully saturated rings. The molecule has 0 bridgehead atoms. The maximum absolute atomic E-state index is 4.72. The van der Waals surface area contributed by atoms with Crippen molar-refractivity contribution >= 4 is 12.2 Å². The summed E-state index contributed by atoms with van der Waals surface area (Å²) in [6.07, 6.45) is 1.68. The Morgan fingerprint density at radius 1 is 1.11 bits per heavy atom. The Bertz CT molecular complexity index is 474. The van der Waals surface area contributed by atoms with E-state index in [1.54, 1.807) is 6.34 Å². The van der Waals surface area contributed by atoms with Gasteiger partial charge in [0.1, 0.15) is 5.84 Å². The fraction of sp³-hybridized carbons (Fsp3) is 0.429. The lowest BCUT2D eigenvalue weighted by Crippen LogP contribution is -2.49. The molecule has 19 heavy (non-hydrogen) atoms. The third-order valence-electron chi connectivity index (χ3n) is 3.57. The van der Waals surface area contributed by atoms with Crippen LogP contribution in [0.3, 0.4) is 0 Å². The molecule has 0 spiro atoms. The molecular weight excluding hydrogens is 238 g/mol. The minimum Gasteiger partial charge on any atom is -0.331 e. The number of benzene rings is 1. The molecule has 0 amide bonds. The molecule has 0 aliphatic carbocycles.